The van der Waals surface area contributed by atoms with Gasteiger partial charge in [0.15, 0.2) is 0 Å². The lowest BCUT2D eigenvalue weighted by molar-refractivity contribution is 0.480. The van der Waals surface area contributed by atoms with E-state index in [9.17, 15) is 25.9 Å². The highest BCUT2D eigenvalue weighted by atomic mass is 32.2. The van der Waals surface area contributed by atoms with Gasteiger partial charge in [-0.2, -0.15) is 16.8 Å². The predicted molar refractivity (Wildman–Crippen MR) is 132 cm³/mol. The molecule has 0 atom stereocenters. The summed E-state index contributed by atoms with van der Waals surface area (Å²) in [6.45, 7) is 7.00. The summed E-state index contributed by atoms with van der Waals surface area (Å²) in [4.78, 5) is 8.82. The molecule has 3 aromatic rings. The lowest BCUT2D eigenvalue weighted by atomic mass is 10.1. The van der Waals surface area contributed by atoms with Gasteiger partial charge in [-0.25, -0.2) is 0 Å². The largest absolute Gasteiger partial charge is 0.295 e. The van der Waals surface area contributed by atoms with Crippen LogP contribution in [0.3, 0.4) is 0 Å². The van der Waals surface area contributed by atoms with Crippen molar-refractivity contribution in [1.29, 1.82) is 0 Å². The number of aliphatic imine (C=N–C) groups is 2. The first kappa shape index (κ1) is 24.4. The summed E-state index contributed by atoms with van der Waals surface area (Å²) in [5, 5.41) is 0. The lowest BCUT2D eigenvalue weighted by Gasteiger charge is -2.06. The van der Waals surface area contributed by atoms with E-state index in [4.69, 9.17) is 0 Å². The molecular weight excluding hydrogens is 484 g/mol. The van der Waals surface area contributed by atoms with Gasteiger partial charge in [0.25, 0.3) is 20.2 Å². The third kappa shape index (κ3) is 6.18. The molecule has 0 radical (unpaired) electrons. The maximum absolute atomic E-state index is 11.9. The Bertz CT molecular complexity index is 1500. The highest BCUT2D eigenvalue weighted by Crippen LogP contribution is 2.27. The monoisotopic (exact) mass is 502 g/mol. The van der Waals surface area contributed by atoms with Crippen molar-refractivity contribution in [1.82, 2.24) is 0 Å². The van der Waals surface area contributed by atoms with E-state index in [0.717, 1.165) is 15.8 Å². The van der Waals surface area contributed by atoms with Crippen molar-refractivity contribution in [3.63, 3.8) is 0 Å². The number of rotatable bonds is 8. The standard InChI is InChI=1S/C22H18N2O6S3/c1-3-19-10-11-20(31-19)14-24-18-9-7-16(22(13-18)33(28,29)30)5-4-15-6-8-17(23-2)12-21(15)32(25,26)27/h3-14H,1-2H2,(H,25,26,27)(H,28,29,30)/b5-4+,24-14?. The third-order valence-corrected chi connectivity index (χ3v) is 7.20. The zero-order valence-electron chi connectivity index (χ0n) is 17.0. The summed E-state index contributed by atoms with van der Waals surface area (Å²) >= 11 is 1.45. The zero-order valence-corrected chi connectivity index (χ0v) is 19.4. The van der Waals surface area contributed by atoms with Crippen molar-refractivity contribution in [3.05, 3.63) is 76.0 Å². The molecule has 33 heavy (non-hydrogen) atoms. The Balaban J connectivity index is 2.01. The van der Waals surface area contributed by atoms with Crippen LogP contribution in [0.1, 0.15) is 20.9 Å². The van der Waals surface area contributed by atoms with Crippen LogP contribution in [0.25, 0.3) is 18.2 Å². The molecule has 0 amide bonds. The van der Waals surface area contributed by atoms with Gasteiger partial charge in [0.05, 0.1) is 11.4 Å². The van der Waals surface area contributed by atoms with Crippen LogP contribution in [0.4, 0.5) is 11.4 Å². The number of thiophene rings is 1. The van der Waals surface area contributed by atoms with Gasteiger partial charge >= 0.3 is 0 Å². The first-order chi connectivity index (χ1) is 15.5. The van der Waals surface area contributed by atoms with Gasteiger partial charge in [0, 0.05) is 16.0 Å². The molecule has 2 N–H and O–H groups in total. The van der Waals surface area contributed by atoms with E-state index in [0.29, 0.717) is 0 Å². The molecule has 0 fully saturated rings. The van der Waals surface area contributed by atoms with Gasteiger partial charge in [-0.05, 0) is 54.2 Å². The summed E-state index contributed by atoms with van der Waals surface area (Å²) in [7, 11) is -9.20. The molecule has 2 aromatic carbocycles. The molecule has 1 heterocycles. The summed E-state index contributed by atoms with van der Waals surface area (Å²) in [5.41, 5.74) is 0.692. The van der Waals surface area contributed by atoms with Crippen molar-refractivity contribution in [3.8, 4) is 0 Å². The molecule has 3 rings (SSSR count). The molecule has 0 bridgehead atoms. The SMILES string of the molecule is C=Cc1ccc(C=Nc2ccc(/C=C/c3ccc(N=C)cc3S(=O)(=O)O)c(S(=O)(=O)O)c2)s1. The fourth-order valence-electron chi connectivity index (χ4n) is 2.81. The first-order valence-electron chi connectivity index (χ1n) is 9.15. The number of nitrogens with zero attached hydrogens (tertiary/aromatic N) is 2. The van der Waals surface area contributed by atoms with Gasteiger partial charge in [-0.3, -0.25) is 19.1 Å². The third-order valence-electron chi connectivity index (χ3n) is 4.36. The minimum absolute atomic E-state index is 0.0870. The molecule has 0 aliphatic rings. The average molecular weight is 503 g/mol. The second-order valence-electron chi connectivity index (χ2n) is 6.59. The molecule has 170 valence electrons. The van der Waals surface area contributed by atoms with Crippen molar-refractivity contribution < 1.29 is 25.9 Å². The molecular formula is C22H18N2O6S3. The van der Waals surface area contributed by atoms with Gasteiger partial charge in [0.1, 0.15) is 9.79 Å². The fourth-order valence-corrected chi connectivity index (χ4v) is 4.95. The quantitative estimate of drug-likeness (QED) is 0.249. The van der Waals surface area contributed by atoms with Crippen molar-refractivity contribution in [2.24, 2.45) is 9.98 Å². The van der Waals surface area contributed by atoms with Crippen LogP contribution >= 0.6 is 11.3 Å². The minimum atomic E-state index is -4.62. The van der Waals surface area contributed by atoms with Gasteiger partial charge in [0.2, 0.25) is 0 Å². The van der Waals surface area contributed by atoms with E-state index >= 15 is 0 Å². The number of hydrogen-bond donors (Lipinski definition) is 2. The molecule has 0 spiro atoms. The highest BCUT2D eigenvalue weighted by Gasteiger charge is 2.17. The second kappa shape index (κ2) is 9.73. The Morgan fingerprint density at radius 2 is 1.30 bits per heavy atom. The van der Waals surface area contributed by atoms with Crippen LogP contribution in [-0.2, 0) is 20.2 Å². The van der Waals surface area contributed by atoms with Crippen LogP contribution in [0.2, 0.25) is 0 Å². The fraction of sp³-hybridized carbons (Fsp3) is 0. The summed E-state index contributed by atoms with van der Waals surface area (Å²) < 4.78 is 66.5. The molecule has 0 aliphatic carbocycles. The van der Waals surface area contributed by atoms with Crippen LogP contribution in [-0.4, -0.2) is 38.9 Å². The Morgan fingerprint density at radius 1 is 0.788 bits per heavy atom. The minimum Gasteiger partial charge on any atom is -0.282 e. The Hall–Kier alpha value is -3.22. The Labute approximate surface area is 195 Å². The normalized spacial score (nSPS) is 12.4. The van der Waals surface area contributed by atoms with Crippen molar-refractivity contribution in [2.75, 3.05) is 0 Å². The van der Waals surface area contributed by atoms with E-state index in [1.165, 1.54) is 47.8 Å². The van der Waals surface area contributed by atoms with E-state index < -0.39 is 30.0 Å². The van der Waals surface area contributed by atoms with Gasteiger partial charge in [-0.1, -0.05) is 36.9 Å². The van der Waals surface area contributed by atoms with Crippen LogP contribution in [0, 0.1) is 0 Å². The molecule has 0 aliphatic heterocycles. The smallest absolute Gasteiger partial charge is 0.282 e. The number of benzene rings is 2. The number of hydrogen-bond acceptors (Lipinski definition) is 7. The maximum atomic E-state index is 11.9. The van der Waals surface area contributed by atoms with Crippen LogP contribution in [0.15, 0.2) is 74.9 Å². The zero-order chi connectivity index (χ0) is 24.2. The maximum Gasteiger partial charge on any atom is 0.295 e. The van der Waals surface area contributed by atoms with Gasteiger partial charge in [-0.15, -0.1) is 11.3 Å². The second-order valence-corrected chi connectivity index (χ2v) is 10.5. The topological polar surface area (TPSA) is 133 Å². The van der Waals surface area contributed by atoms with E-state index in [1.807, 2.05) is 12.1 Å². The van der Waals surface area contributed by atoms with Gasteiger partial charge < -0.3 is 0 Å². The molecule has 0 unspecified atom stereocenters. The molecule has 11 heteroatoms. The average Bonchev–Trinajstić information content (AvgIpc) is 3.23. The first-order valence-corrected chi connectivity index (χ1v) is 12.8. The van der Waals surface area contributed by atoms with E-state index in [1.54, 1.807) is 18.4 Å². The van der Waals surface area contributed by atoms with Crippen LogP contribution < -0.4 is 0 Å². The van der Waals surface area contributed by atoms with E-state index in [2.05, 4.69) is 23.3 Å². The highest BCUT2D eigenvalue weighted by molar-refractivity contribution is 7.86. The predicted octanol–water partition coefficient (Wildman–Crippen LogP) is 5.14. The van der Waals surface area contributed by atoms with Crippen LogP contribution in [0.5, 0.6) is 0 Å². The summed E-state index contributed by atoms with van der Waals surface area (Å²) in [6.07, 6.45) is 5.86. The summed E-state index contributed by atoms with van der Waals surface area (Å²) in [6, 6.07) is 11.9. The lowest BCUT2D eigenvalue weighted by Crippen LogP contribution is -2.01. The Morgan fingerprint density at radius 3 is 1.79 bits per heavy atom. The Kier molecular flexibility index (Phi) is 7.20. The molecule has 1 aromatic heterocycles. The molecule has 0 saturated carbocycles. The molecule has 8 nitrogen and oxygen atoms in total. The molecule has 0 saturated heterocycles. The van der Waals surface area contributed by atoms with Crippen molar-refractivity contribution >= 4 is 74.1 Å². The van der Waals surface area contributed by atoms with E-state index in [-0.39, 0.29) is 22.5 Å². The van der Waals surface area contributed by atoms with Crippen molar-refractivity contribution in [2.45, 2.75) is 9.79 Å². The summed E-state index contributed by atoms with van der Waals surface area (Å²) in [5.74, 6) is 0.